The molecule has 0 N–H and O–H groups in total. The zero-order valence-corrected chi connectivity index (χ0v) is 32.1. The van der Waals surface area contributed by atoms with Crippen LogP contribution in [0.1, 0.15) is 0 Å². The second-order valence-electron chi connectivity index (χ2n) is 15.0. The fraction of sp³-hybridized carbons (Fsp3) is 0. The first-order valence-electron chi connectivity index (χ1n) is 19.7. The normalized spacial score (nSPS) is 11.7. The molecule has 11 rings (SSSR count). The maximum absolute atomic E-state index is 15.3. The molecule has 0 amide bonds. The molecule has 10 aromatic carbocycles. The second kappa shape index (κ2) is 14.2. The first-order chi connectivity index (χ1) is 29.9. The Labute approximate surface area is 346 Å². The predicted octanol–water partition coefficient (Wildman–Crippen LogP) is 15.1. The number of fused-ring (bicyclic) bond motifs is 1. The van der Waals surface area contributed by atoms with E-state index in [1.54, 1.807) is 54.6 Å². The van der Waals surface area contributed by atoms with E-state index in [4.69, 9.17) is 4.98 Å². The van der Waals surface area contributed by atoms with Crippen LogP contribution < -0.4 is 4.90 Å². The lowest BCUT2D eigenvalue weighted by Crippen LogP contribution is -2.17. The van der Waals surface area contributed by atoms with E-state index in [-0.39, 0.29) is 11.4 Å². The Morgan fingerprint density at radius 2 is 0.852 bits per heavy atom. The molecule has 0 spiro atoms. The van der Waals surface area contributed by atoms with Crippen molar-refractivity contribution >= 4 is 60.4 Å². The summed E-state index contributed by atoms with van der Waals surface area (Å²) in [4.78, 5) is 6.09. The first-order valence-corrected chi connectivity index (χ1v) is 19.7. The zero-order chi connectivity index (χ0) is 41.4. The molecule has 0 aliphatic rings. The van der Waals surface area contributed by atoms with Crippen molar-refractivity contribution in [2.24, 2.45) is 0 Å². The first kappa shape index (κ1) is 36.3. The molecule has 0 atom stereocenters. The molecule has 1 heterocycles. The Morgan fingerprint density at radius 3 is 1.44 bits per heavy atom. The minimum absolute atomic E-state index is 0.212. The van der Waals surface area contributed by atoms with E-state index in [9.17, 15) is 13.2 Å². The van der Waals surface area contributed by atoms with Crippen molar-refractivity contribution in [1.82, 2.24) is 9.55 Å². The summed E-state index contributed by atoms with van der Waals surface area (Å²) in [6.45, 7) is 0. The Bertz CT molecular complexity index is 3430. The highest BCUT2D eigenvalue weighted by Crippen LogP contribution is 2.45. The largest absolute Gasteiger partial charge is 0.305 e. The highest BCUT2D eigenvalue weighted by atomic mass is 19.2. The number of halogens is 5. The summed E-state index contributed by atoms with van der Waals surface area (Å²) in [5, 5.41) is 6.51. The molecule has 292 valence electrons. The third-order valence-electron chi connectivity index (χ3n) is 11.6. The molecule has 3 nitrogen and oxygen atoms in total. The number of hydrogen-bond acceptors (Lipinski definition) is 2. The molecule has 0 aliphatic heterocycles. The summed E-state index contributed by atoms with van der Waals surface area (Å²) in [6, 6.07) is 58.8. The van der Waals surface area contributed by atoms with Crippen LogP contribution in [0.25, 0.3) is 82.7 Å². The van der Waals surface area contributed by atoms with E-state index in [1.807, 2.05) is 42.5 Å². The number of benzene rings is 10. The molecule has 11 aromatic rings. The van der Waals surface area contributed by atoms with Crippen molar-refractivity contribution in [3.63, 3.8) is 0 Å². The van der Waals surface area contributed by atoms with Gasteiger partial charge in [-0.15, -0.1) is 0 Å². The van der Waals surface area contributed by atoms with Gasteiger partial charge in [-0.3, -0.25) is 4.57 Å². The van der Waals surface area contributed by atoms with Crippen molar-refractivity contribution in [2.45, 2.75) is 0 Å². The average Bonchev–Trinajstić information content (AvgIpc) is 3.71. The Balaban J connectivity index is 0.998. The fourth-order valence-electron chi connectivity index (χ4n) is 8.73. The lowest BCUT2D eigenvalue weighted by Gasteiger charge is -2.26. The van der Waals surface area contributed by atoms with Crippen LogP contribution in [-0.2, 0) is 0 Å². The van der Waals surface area contributed by atoms with Gasteiger partial charge in [0, 0.05) is 22.6 Å². The molecule has 0 radical (unpaired) electrons. The van der Waals surface area contributed by atoms with Crippen LogP contribution in [0.5, 0.6) is 0 Å². The molecule has 0 saturated carbocycles. The SMILES string of the molecule is Fc1c(F)c(F)c(N(c2ccccc2)c2ccc(-c3ccc4ccc5c(-c6ccc(-c7nc8ccccc8n7-c7ccccc7)cc6)ccc6ccc3c4c65)cc2)c(F)c1F. The predicted molar refractivity (Wildman–Crippen MR) is 236 cm³/mol. The van der Waals surface area contributed by atoms with Gasteiger partial charge in [0.1, 0.15) is 11.5 Å². The molecule has 0 unspecified atom stereocenters. The van der Waals surface area contributed by atoms with E-state index < -0.39 is 34.8 Å². The summed E-state index contributed by atoms with van der Waals surface area (Å²) in [5.74, 6) is -9.22. The standard InChI is InChI=1S/C53H30F5N3/c54-47-48(55)50(57)52(51(58)49(47)56)60(36-9-3-1-4-10-36)38-25-19-32(20-26-38)40-28-22-34-23-29-41-39(27-21-33-24-30-42(40)46(34)45(33)41)31-15-17-35(18-16-31)53-59-43-13-7-8-14-44(43)61(53)37-11-5-2-6-12-37/h1-30H. The minimum Gasteiger partial charge on any atom is -0.305 e. The van der Waals surface area contributed by atoms with Gasteiger partial charge in [-0.25, -0.2) is 26.9 Å². The molecule has 0 fully saturated rings. The van der Waals surface area contributed by atoms with Crippen LogP contribution in [-0.4, -0.2) is 9.55 Å². The van der Waals surface area contributed by atoms with Crippen molar-refractivity contribution in [3.8, 4) is 39.3 Å². The third kappa shape index (κ3) is 5.74. The van der Waals surface area contributed by atoms with E-state index in [0.717, 1.165) is 87.6 Å². The molecule has 0 aliphatic carbocycles. The van der Waals surface area contributed by atoms with Gasteiger partial charge in [0.15, 0.2) is 23.3 Å². The maximum atomic E-state index is 15.3. The number of para-hydroxylation sites is 4. The van der Waals surface area contributed by atoms with Crippen LogP contribution in [0.15, 0.2) is 182 Å². The third-order valence-corrected chi connectivity index (χ3v) is 11.6. The van der Waals surface area contributed by atoms with Gasteiger partial charge in [0.2, 0.25) is 5.82 Å². The number of rotatable bonds is 7. The number of imidazole rings is 1. The molecule has 1 aromatic heterocycles. The second-order valence-corrected chi connectivity index (χ2v) is 15.0. The number of aromatic nitrogens is 2. The maximum Gasteiger partial charge on any atom is 0.200 e. The molecule has 8 heteroatoms. The van der Waals surface area contributed by atoms with Crippen molar-refractivity contribution in [3.05, 3.63) is 211 Å². The van der Waals surface area contributed by atoms with Gasteiger partial charge >= 0.3 is 0 Å². The summed E-state index contributed by atoms with van der Waals surface area (Å²) >= 11 is 0. The van der Waals surface area contributed by atoms with Gasteiger partial charge < -0.3 is 4.90 Å². The highest BCUT2D eigenvalue weighted by molar-refractivity contribution is 6.27. The lowest BCUT2D eigenvalue weighted by atomic mass is 9.87. The molecular formula is C53H30F5N3. The molecular weight excluding hydrogens is 774 g/mol. The summed E-state index contributed by atoms with van der Waals surface area (Å²) < 4.78 is 75.9. The molecule has 61 heavy (non-hydrogen) atoms. The van der Waals surface area contributed by atoms with E-state index in [0.29, 0.717) is 0 Å². The van der Waals surface area contributed by atoms with E-state index >= 15 is 8.78 Å². The minimum atomic E-state index is -2.21. The van der Waals surface area contributed by atoms with Gasteiger partial charge in [-0.05, 0) is 103 Å². The summed E-state index contributed by atoms with van der Waals surface area (Å²) in [7, 11) is 0. The fourth-order valence-corrected chi connectivity index (χ4v) is 8.73. The number of anilines is 3. The highest BCUT2D eigenvalue weighted by Gasteiger charge is 2.31. The van der Waals surface area contributed by atoms with Gasteiger partial charge in [0.05, 0.1) is 11.0 Å². The van der Waals surface area contributed by atoms with Crippen LogP contribution >= 0.6 is 0 Å². The quantitative estimate of drug-likeness (QED) is 0.0693. The summed E-state index contributed by atoms with van der Waals surface area (Å²) in [6.07, 6.45) is 0. The van der Waals surface area contributed by atoms with Crippen LogP contribution in [0.2, 0.25) is 0 Å². The smallest absolute Gasteiger partial charge is 0.200 e. The summed E-state index contributed by atoms with van der Waals surface area (Å²) in [5.41, 5.74) is 7.26. The monoisotopic (exact) mass is 803 g/mol. The zero-order valence-electron chi connectivity index (χ0n) is 32.1. The lowest BCUT2D eigenvalue weighted by molar-refractivity contribution is 0.380. The number of hydrogen-bond donors (Lipinski definition) is 0. The molecule has 0 saturated heterocycles. The van der Waals surface area contributed by atoms with Gasteiger partial charge in [0.25, 0.3) is 0 Å². The van der Waals surface area contributed by atoms with Gasteiger partial charge in [-0.2, -0.15) is 0 Å². The van der Waals surface area contributed by atoms with Crippen molar-refractivity contribution in [1.29, 1.82) is 0 Å². The van der Waals surface area contributed by atoms with Crippen LogP contribution in [0, 0.1) is 29.1 Å². The Kier molecular flexibility index (Phi) is 8.42. The van der Waals surface area contributed by atoms with Gasteiger partial charge in [-0.1, -0.05) is 133 Å². The Hall–Kier alpha value is -7.84. The van der Waals surface area contributed by atoms with Crippen molar-refractivity contribution < 1.29 is 22.0 Å². The van der Waals surface area contributed by atoms with Crippen LogP contribution in [0.3, 0.4) is 0 Å². The Morgan fingerprint density at radius 1 is 0.393 bits per heavy atom. The van der Waals surface area contributed by atoms with Crippen LogP contribution in [0.4, 0.5) is 39.0 Å². The van der Waals surface area contributed by atoms with E-state index in [1.165, 1.54) is 0 Å². The average molecular weight is 804 g/mol. The van der Waals surface area contributed by atoms with E-state index in [2.05, 4.69) is 89.5 Å². The number of nitrogens with zero attached hydrogens (tertiary/aromatic N) is 3. The topological polar surface area (TPSA) is 21.1 Å². The van der Waals surface area contributed by atoms with Crippen molar-refractivity contribution in [2.75, 3.05) is 4.90 Å². The molecule has 0 bridgehead atoms.